The highest BCUT2D eigenvalue weighted by atomic mass is 16.7. The molecule has 1 fully saturated rings. The lowest BCUT2D eigenvalue weighted by atomic mass is 10.1. The Bertz CT molecular complexity index is 761. The Labute approximate surface area is 153 Å². The maximum absolute atomic E-state index is 11.5. The van der Waals surface area contributed by atoms with E-state index in [9.17, 15) is 19.2 Å². The maximum atomic E-state index is 11.5. The average Bonchev–Trinajstić information content (AvgIpc) is 3.06. The summed E-state index contributed by atoms with van der Waals surface area (Å²) in [6.07, 6.45) is -3.10. The molecule has 0 aromatic carbocycles. The molecule has 0 bridgehead atoms. The van der Waals surface area contributed by atoms with E-state index in [1.165, 1.54) is 17.8 Å². The van der Waals surface area contributed by atoms with Gasteiger partial charge in [-0.05, 0) is 0 Å². The highest BCUT2D eigenvalue weighted by Gasteiger charge is 2.51. The van der Waals surface area contributed by atoms with E-state index < -0.39 is 48.4 Å². The molecule has 0 unspecified atom stereocenters. The van der Waals surface area contributed by atoms with Gasteiger partial charge in [-0.3, -0.25) is 23.7 Å². The number of anilines is 1. The van der Waals surface area contributed by atoms with Crippen molar-refractivity contribution in [2.75, 3.05) is 12.3 Å². The lowest BCUT2D eigenvalue weighted by Gasteiger charge is -2.24. The van der Waals surface area contributed by atoms with Gasteiger partial charge in [0, 0.05) is 20.8 Å². The number of nitrogen functional groups attached to an aromatic ring is 1. The van der Waals surface area contributed by atoms with Crippen LogP contribution in [-0.4, -0.2) is 58.3 Å². The van der Waals surface area contributed by atoms with Gasteiger partial charge in [0.05, 0.1) is 6.33 Å². The number of nitrogens with zero attached hydrogens (tertiary/aromatic N) is 2. The molecule has 4 atom stereocenters. The van der Waals surface area contributed by atoms with Crippen molar-refractivity contribution in [1.82, 2.24) is 9.55 Å². The van der Waals surface area contributed by atoms with Crippen molar-refractivity contribution in [3.05, 3.63) is 12.0 Å². The fourth-order valence-corrected chi connectivity index (χ4v) is 2.68. The van der Waals surface area contributed by atoms with Crippen LogP contribution in [0.25, 0.3) is 0 Å². The number of amides is 1. The van der Waals surface area contributed by atoms with Crippen LogP contribution in [0.4, 0.5) is 5.82 Å². The molecule has 12 nitrogen and oxygen atoms in total. The van der Waals surface area contributed by atoms with Gasteiger partial charge in [-0.2, -0.15) is 0 Å². The molecule has 1 aromatic heterocycles. The number of primary amides is 1. The number of esters is 3. The molecule has 1 aromatic rings. The van der Waals surface area contributed by atoms with E-state index in [0.29, 0.717) is 0 Å². The van der Waals surface area contributed by atoms with Gasteiger partial charge in [0.25, 0.3) is 5.91 Å². The molecule has 12 heteroatoms. The standard InChI is InChI=1S/C15H20N4O8/c1-6(20)24-4-9-11(25-7(2)21)12(26-8(3)22)15(27-9)19-5-18-10(13(19)16)14(17)23/h5,9,11-12,15H,4,16H2,1-3H3,(H2,17,23)/t9-,11-,12-,15-/m0/s1. The van der Waals surface area contributed by atoms with E-state index in [2.05, 4.69) is 4.98 Å². The second-order valence-corrected chi connectivity index (χ2v) is 5.77. The van der Waals surface area contributed by atoms with Crippen LogP contribution in [0.1, 0.15) is 37.5 Å². The zero-order valence-electron chi connectivity index (χ0n) is 14.9. The van der Waals surface area contributed by atoms with Crippen LogP contribution < -0.4 is 11.5 Å². The van der Waals surface area contributed by atoms with Crippen LogP contribution in [-0.2, 0) is 33.3 Å². The third-order valence-electron chi connectivity index (χ3n) is 3.68. The zero-order chi connectivity index (χ0) is 20.3. The average molecular weight is 384 g/mol. The summed E-state index contributed by atoms with van der Waals surface area (Å²) in [5.41, 5.74) is 10.9. The summed E-state index contributed by atoms with van der Waals surface area (Å²) < 4.78 is 22.4. The molecular weight excluding hydrogens is 364 g/mol. The highest BCUT2D eigenvalue weighted by molar-refractivity contribution is 5.95. The normalized spacial score (nSPS) is 24.3. The van der Waals surface area contributed by atoms with Crippen LogP contribution in [0.2, 0.25) is 0 Å². The van der Waals surface area contributed by atoms with Gasteiger partial charge in [0.1, 0.15) is 18.5 Å². The number of carbonyl (C=O) groups is 4. The largest absolute Gasteiger partial charge is 0.463 e. The third kappa shape index (κ3) is 4.53. The second-order valence-electron chi connectivity index (χ2n) is 5.77. The summed E-state index contributed by atoms with van der Waals surface area (Å²) in [6.45, 7) is 3.26. The summed E-state index contributed by atoms with van der Waals surface area (Å²) >= 11 is 0. The van der Waals surface area contributed by atoms with E-state index in [1.807, 2.05) is 0 Å². The lowest BCUT2D eigenvalue weighted by molar-refractivity contribution is -0.166. The zero-order valence-corrected chi connectivity index (χ0v) is 14.9. The van der Waals surface area contributed by atoms with Crippen LogP contribution in [0.5, 0.6) is 0 Å². The van der Waals surface area contributed by atoms with E-state index >= 15 is 0 Å². The molecule has 2 heterocycles. The number of rotatable bonds is 6. The van der Waals surface area contributed by atoms with Crippen LogP contribution in [0.3, 0.4) is 0 Å². The Morgan fingerprint density at radius 1 is 1.11 bits per heavy atom. The van der Waals surface area contributed by atoms with Crippen molar-refractivity contribution >= 4 is 29.6 Å². The van der Waals surface area contributed by atoms with Crippen molar-refractivity contribution in [2.45, 2.75) is 45.3 Å². The van der Waals surface area contributed by atoms with Crippen molar-refractivity contribution in [1.29, 1.82) is 0 Å². The van der Waals surface area contributed by atoms with Crippen molar-refractivity contribution in [3.8, 4) is 0 Å². The van der Waals surface area contributed by atoms with Gasteiger partial charge in [-0.1, -0.05) is 0 Å². The first kappa shape index (κ1) is 20.2. The van der Waals surface area contributed by atoms with E-state index in [1.54, 1.807) is 0 Å². The molecule has 0 saturated carbocycles. The van der Waals surface area contributed by atoms with E-state index in [0.717, 1.165) is 13.8 Å². The summed E-state index contributed by atoms with van der Waals surface area (Å²) in [4.78, 5) is 49.3. The Balaban J connectivity index is 2.41. The van der Waals surface area contributed by atoms with E-state index in [4.69, 9.17) is 30.4 Å². The first-order valence-electron chi connectivity index (χ1n) is 7.87. The van der Waals surface area contributed by atoms with E-state index in [-0.39, 0.29) is 18.1 Å². The predicted molar refractivity (Wildman–Crippen MR) is 86.8 cm³/mol. The number of hydrogen-bond acceptors (Lipinski definition) is 10. The molecule has 27 heavy (non-hydrogen) atoms. The molecule has 0 aliphatic carbocycles. The quantitative estimate of drug-likeness (QED) is 0.451. The Hall–Kier alpha value is -3.15. The SMILES string of the molecule is CC(=O)OC[C@@H]1O[C@H](n2cnc(C(N)=O)c2N)[C@@H](OC(C)=O)[C@H]1OC(C)=O. The molecule has 4 N–H and O–H groups in total. The number of nitrogens with two attached hydrogens (primary N) is 2. The van der Waals surface area contributed by atoms with Gasteiger partial charge in [0.15, 0.2) is 24.1 Å². The number of aromatic nitrogens is 2. The van der Waals surface area contributed by atoms with Gasteiger partial charge < -0.3 is 30.4 Å². The molecule has 2 rings (SSSR count). The minimum Gasteiger partial charge on any atom is -0.463 e. The van der Waals surface area contributed by atoms with Crippen molar-refractivity contribution < 1.29 is 38.1 Å². The Morgan fingerprint density at radius 2 is 1.70 bits per heavy atom. The number of hydrogen-bond donors (Lipinski definition) is 2. The third-order valence-corrected chi connectivity index (χ3v) is 3.68. The number of imidazole rings is 1. The highest BCUT2D eigenvalue weighted by Crippen LogP contribution is 2.36. The first-order valence-corrected chi connectivity index (χ1v) is 7.87. The molecule has 1 amide bonds. The van der Waals surface area contributed by atoms with Crippen LogP contribution in [0.15, 0.2) is 6.33 Å². The first-order chi connectivity index (χ1) is 12.6. The summed E-state index contributed by atoms with van der Waals surface area (Å²) in [7, 11) is 0. The predicted octanol–water partition coefficient (Wildman–Crippen LogP) is -1.11. The minimum atomic E-state index is -1.14. The Morgan fingerprint density at radius 3 is 2.19 bits per heavy atom. The van der Waals surface area contributed by atoms with Gasteiger partial charge in [0.2, 0.25) is 0 Å². The van der Waals surface area contributed by atoms with Gasteiger partial charge >= 0.3 is 17.9 Å². The smallest absolute Gasteiger partial charge is 0.303 e. The maximum Gasteiger partial charge on any atom is 0.303 e. The lowest BCUT2D eigenvalue weighted by Crippen LogP contribution is -2.40. The van der Waals surface area contributed by atoms with Gasteiger partial charge in [-0.15, -0.1) is 0 Å². The summed E-state index contributed by atoms with van der Waals surface area (Å²) in [5, 5.41) is 0. The Kier molecular flexibility index (Phi) is 6.00. The fourth-order valence-electron chi connectivity index (χ4n) is 2.68. The van der Waals surface area contributed by atoms with Crippen molar-refractivity contribution in [3.63, 3.8) is 0 Å². The molecule has 1 aliphatic heterocycles. The molecule has 148 valence electrons. The summed E-state index contributed by atoms with van der Waals surface area (Å²) in [5.74, 6) is -2.90. The number of carbonyl (C=O) groups excluding carboxylic acids is 4. The van der Waals surface area contributed by atoms with Gasteiger partial charge in [-0.25, -0.2) is 4.98 Å². The minimum absolute atomic E-state index is 0.126. The summed E-state index contributed by atoms with van der Waals surface area (Å²) in [6, 6.07) is 0. The monoisotopic (exact) mass is 384 g/mol. The van der Waals surface area contributed by atoms with Crippen LogP contribution in [0, 0.1) is 0 Å². The van der Waals surface area contributed by atoms with Crippen molar-refractivity contribution in [2.24, 2.45) is 5.73 Å². The molecule has 0 spiro atoms. The molecular formula is C15H20N4O8. The molecule has 1 aliphatic rings. The van der Waals surface area contributed by atoms with Crippen LogP contribution >= 0.6 is 0 Å². The molecule has 1 saturated heterocycles. The number of ether oxygens (including phenoxy) is 4. The second kappa shape index (κ2) is 8.03. The fraction of sp³-hybridized carbons (Fsp3) is 0.533. The molecule has 0 radical (unpaired) electrons. The topological polar surface area (TPSA) is 175 Å².